The van der Waals surface area contributed by atoms with E-state index >= 15 is 0 Å². The van der Waals surface area contributed by atoms with Gasteiger partial charge in [-0.1, -0.05) is 18.2 Å². The van der Waals surface area contributed by atoms with Gasteiger partial charge in [-0.25, -0.2) is 17.4 Å². The number of halogens is 3. The van der Waals surface area contributed by atoms with Gasteiger partial charge >= 0.3 is 10.2 Å². The zero-order chi connectivity index (χ0) is 19.7. The van der Waals surface area contributed by atoms with Crippen LogP contribution in [0.3, 0.4) is 0 Å². The van der Waals surface area contributed by atoms with Crippen molar-refractivity contribution in [2.75, 3.05) is 34.9 Å². The minimum Gasteiger partial charge on any atom is -0.378 e. The first-order chi connectivity index (χ1) is 13.5. The van der Waals surface area contributed by atoms with Crippen molar-refractivity contribution in [3.05, 3.63) is 54.1 Å². The van der Waals surface area contributed by atoms with Gasteiger partial charge in [0.05, 0.1) is 31.1 Å². The van der Waals surface area contributed by atoms with E-state index in [2.05, 4.69) is 5.32 Å². The Bertz CT molecular complexity index is 953. The molecular weight excluding hydrogens is 424 g/mol. The summed E-state index contributed by atoms with van der Waals surface area (Å²) in [5.74, 6) is -1.88. The van der Waals surface area contributed by atoms with E-state index in [4.69, 9.17) is 4.74 Å². The van der Waals surface area contributed by atoms with Gasteiger partial charge in [-0.05, 0) is 37.1 Å². The Morgan fingerprint density at radius 2 is 1.66 bits per heavy atom. The number of rotatable bonds is 8. The highest BCUT2D eigenvalue weighted by Crippen LogP contribution is 2.46. The normalized spacial score (nSPS) is 17.2. The number of hydrogen-bond acceptors (Lipinski definition) is 4. The Morgan fingerprint density at radius 3 is 2.31 bits per heavy atom. The predicted molar refractivity (Wildman–Crippen MR) is 110 cm³/mol. The van der Waals surface area contributed by atoms with Gasteiger partial charge in [0.2, 0.25) is 0 Å². The summed E-state index contributed by atoms with van der Waals surface area (Å²) < 4.78 is 62.3. The van der Waals surface area contributed by atoms with Crippen molar-refractivity contribution in [2.24, 2.45) is 0 Å². The number of benzene rings is 2. The third kappa shape index (κ3) is 4.32. The van der Waals surface area contributed by atoms with E-state index in [1.807, 2.05) is 0 Å². The summed E-state index contributed by atoms with van der Waals surface area (Å²) in [6.07, 6.45) is 2.37. The molecule has 0 bridgehead atoms. The second-order valence-electron chi connectivity index (χ2n) is 6.74. The molecule has 1 aliphatic heterocycles. The molecule has 1 saturated carbocycles. The van der Waals surface area contributed by atoms with Gasteiger partial charge in [0.15, 0.2) is 11.6 Å². The van der Waals surface area contributed by atoms with Gasteiger partial charge in [0, 0.05) is 12.6 Å². The molecule has 0 amide bonds. The van der Waals surface area contributed by atoms with Crippen molar-refractivity contribution >= 4 is 39.7 Å². The van der Waals surface area contributed by atoms with Gasteiger partial charge in [-0.2, -0.15) is 8.42 Å². The van der Waals surface area contributed by atoms with Crippen LogP contribution in [-0.2, 0) is 14.9 Å². The second-order valence-corrected chi connectivity index (χ2v) is 8.45. The molecule has 4 rings (SSSR count). The molecule has 0 atom stereocenters. The zero-order valence-corrected chi connectivity index (χ0v) is 17.2. The number of fused-ring (bicyclic) bond motifs is 1. The van der Waals surface area contributed by atoms with E-state index in [0.29, 0.717) is 24.9 Å². The maximum atomic E-state index is 14.3. The van der Waals surface area contributed by atoms with E-state index in [1.54, 1.807) is 18.2 Å². The predicted octanol–water partition coefficient (Wildman–Crippen LogP) is 3.36. The zero-order valence-electron chi connectivity index (χ0n) is 15.6. The van der Waals surface area contributed by atoms with Crippen LogP contribution in [0.25, 0.3) is 0 Å². The van der Waals surface area contributed by atoms with Gasteiger partial charge in [-0.15, -0.1) is 12.4 Å². The van der Waals surface area contributed by atoms with E-state index in [9.17, 15) is 17.2 Å². The van der Waals surface area contributed by atoms with Crippen molar-refractivity contribution in [1.82, 2.24) is 5.32 Å². The van der Waals surface area contributed by atoms with Crippen LogP contribution >= 0.6 is 12.4 Å². The lowest BCUT2D eigenvalue weighted by atomic mass is 10.2. The fourth-order valence-corrected chi connectivity index (χ4v) is 4.93. The molecule has 0 spiro atoms. The Hall–Kier alpha value is -1.94. The highest BCUT2D eigenvalue weighted by Gasteiger charge is 2.43. The molecule has 158 valence electrons. The van der Waals surface area contributed by atoms with Crippen molar-refractivity contribution < 1.29 is 21.9 Å². The van der Waals surface area contributed by atoms with Crippen LogP contribution in [0, 0.1) is 11.6 Å². The number of anilines is 3. The highest BCUT2D eigenvalue weighted by molar-refractivity contribution is 7.95. The topological polar surface area (TPSA) is 61.9 Å². The van der Waals surface area contributed by atoms with E-state index in [-0.39, 0.29) is 31.2 Å². The number of nitrogens with zero attached hydrogens (tertiary/aromatic N) is 2. The third-order valence-corrected chi connectivity index (χ3v) is 6.49. The molecule has 2 aliphatic rings. The van der Waals surface area contributed by atoms with Crippen LogP contribution < -0.4 is 13.9 Å². The molecular formula is C19H22ClF2N3O3S. The molecule has 6 nitrogen and oxygen atoms in total. The summed E-state index contributed by atoms with van der Waals surface area (Å²) in [6, 6.07) is 10.3. The van der Waals surface area contributed by atoms with Crippen molar-refractivity contribution in [3.8, 4) is 0 Å². The number of hydrogen-bond donors (Lipinski definition) is 1. The fourth-order valence-electron chi connectivity index (χ4n) is 3.22. The Morgan fingerprint density at radius 1 is 1.00 bits per heavy atom. The average Bonchev–Trinajstić information content (AvgIpc) is 3.45. The van der Waals surface area contributed by atoms with Gasteiger partial charge in [-0.3, -0.25) is 0 Å². The molecule has 0 unspecified atom stereocenters. The van der Waals surface area contributed by atoms with E-state index < -0.39 is 27.5 Å². The Balaban J connectivity index is 0.00000240. The van der Waals surface area contributed by atoms with Crippen molar-refractivity contribution in [2.45, 2.75) is 18.9 Å². The molecule has 1 N–H and O–H groups in total. The summed E-state index contributed by atoms with van der Waals surface area (Å²) in [5, 5.41) is 3.31. The maximum absolute atomic E-state index is 14.3. The largest absolute Gasteiger partial charge is 0.378 e. The average molecular weight is 446 g/mol. The number of nitrogens with one attached hydrogen (secondary N) is 1. The summed E-state index contributed by atoms with van der Waals surface area (Å²) in [7, 11) is -4.19. The summed E-state index contributed by atoms with van der Waals surface area (Å²) >= 11 is 0. The number of para-hydroxylation sites is 3. The Kier molecular flexibility index (Phi) is 6.62. The van der Waals surface area contributed by atoms with Crippen LogP contribution in [0.2, 0.25) is 0 Å². The molecule has 1 heterocycles. The van der Waals surface area contributed by atoms with E-state index in [0.717, 1.165) is 20.7 Å². The molecule has 0 saturated heterocycles. The summed E-state index contributed by atoms with van der Waals surface area (Å²) in [4.78, 5) is 0. The maximum Gasteiger partial charge on any atom is 0.331 e. The molecule has 29 heavy (non-hydrogen) atoms. The molecule has 2 aromatic rings. The van der Waals surface area contributed by atoms with E-state index in [1.165, 1.54) is 25.0 Å². The summed E-state index contributed by atoms with van der Waals surface area (Å²) in [6.45, 7) is 1.40. The summed E-state index contributed by atoms with van der Waals surface area (Å²) in [5.41, 5.74) is -0.0289. The lowest BCUT2D eigenvalue weighted by Gasteiger charge is -2.22. The smallest absolute Gasteiger partial charge is 0.331 e. The SMILES string of the molecule is Cl.O=S1(=O)N(CCOCCNC2CC2)c2ccccc2N1c1c(F)cccc1F. The lowest BCUT2D eigenvalue weighted by molar-refractivity contribution is 0.143. The van der Waals surface area contributed by atoms with Crippen LogP contribution in [0.5, 0.6) is 0 Å². The van der Waals surface area contributed by atoms with Crippen molar-refractivity contribution in [1.29, 1.82) is 0 Å². The molecule has 1 fully saturated rings. The first kappa shape index (κ1) is 21.8. The second kappa shape index (κ2) is 8.83. The Labute approximate surface area is 175 Å². The molecule has 0 aromatic heterocycles. The molecule has 0 radical (unpaired) electrons. The first-order valence-electron chi connectivity index (χ1n) is 9.17. The minimum atomic E-state index is -4.19. The quantitative estimate of drug-likeness (QED) is 0.633. The minimum absolute atomic E-state index is 0. The molecule has 10 heteroatoms. The third-order valence-electron chi connectivity index (χ3n) is 4.71. The van der Waals surface area contributed by atoms with Gasteiger partial charge < -0.3 is 10.1 Å². The van der Waals surface area contributed by atoms with Crippen molar-refractivity contribution in [3.63, 3.8) is 0 Å². The lowest BCUT2D eigenvalue weighted by Crippen LogP contribution is -2.38. The first-order valence-corrected chi connectivity index (χ1v) is 10.6. The van der Waals surface area contributed by atoms with Gasteiger partial charge in [0.25, 0.3) is 0 Å². The van der Waals surface area contributed by atoms with Crippen LogP contribution in [-0.4, -0.2) is 40.8 Å². The van der Waals surface area contributed by atoms with Gasteiger partial charge in [0.1, 0.15) is 5.69 Å². The fraction of sp³-hybridized carbons (Fsp3) is 0.368. The van der Waals surface area contributed by atoms with Crippen LogP contribution in [0.4, 0.5) is 25.8 Å². The highest BCUT2D eigenvalue weighted by atomic mass is 35.5. The monoisotopic (exact) mass is 445 g/mol. The van der Waals surface area contributed by atoms with Crippen LogP contribution in [0.1, 0.15) is 12.8 Å². The molecule has 2 aromatic carbocycles. The number of ether oxygens (including phenoxy) is 1. The van der Waals surface area contributed by atoms with Crippen LogP contribution in [0.15, 0.2) is 42.5 Å². The standard InChI is InChI=1S/C19H21F2N3O3S.ClH/c20-15-4-3-5-16(21)19(15)24-18-7-2-1-6-17(18)23(28(24,25)26)11-13-27-12-10-22-14-8-9-14;/h1-7,14,22H,8-13H2;1H. The molecule has 1 aliphatic carbocycles.